The number of hydrogen-bond acceptors (Lipinski definition) is 3. The summed E-state index contributed by atoms with van der Waals surface area (Å²) in [6.45, 7) is 5.68. The molecule has 0 saturated carbocycles. The Bertz CT molecular complexity index is 337. The molecule has 18 heavy (non-hydrogen) atoms. The SMILES string of the molecule is CC[C@H](C)[C@H](N)C(=O)NCCCCn1ccnc1. The van der Waals surface area contributed by atoms with Gasteiger partial charge in [-0.2, -0.15) is 0 Å². The summed E-state index contributed by atoms with van der Waals surface area (Å²) in [5, 5.41) is 2.89. The van der Waals surface area contributed by atoms with Crippen LogP contribution in [0.25, 0.3) is 0 Å². The fourth-order valence-corrected chi connectivity index (χ4v) is 1.68. The molecule has 1 amide bonds. The van der Waals surface area contributed by atoms with E-state index in [4.69, 9.17) is 5.73 Å². The maximum Gasteiger partial charge on any atom is 0.237 e. The first kappa shape index (κ1) is 14.7. The second-order valence-corrected chi connectivity index (χ2v) is 4.71. The molecule has 0 saturated heterocycles. The van der Waals surface area contributed by atoms with Gasteiger partial charge in [-0.1, -0.05) is 20.3 Å². The summed E-state index contributed by atoms with van der Waals surface area (Å²) >= 11 is 0. The highest BCUT2D eigenvalue weighted by atomic mass is 16.2. The normalized spacial score (nSPS) is 14.2. The van der Waals surface area contributed by atoms with Crippen LogP contribution in [0.4, 0.5) is 0 Å². The van der Waals surface area contributed by atoms with Crippen LogP contribution in [0, 0.1) is 5.92 Å². The average molecular weight is 252 g/mol. The average Bonchev–Trinajstić information content (AvgIpc) is 2.89. The van der Waals surface area contributed by atoms with Crippen molar-refractivity contribution in [1.82, 2.24) is 14.9 Å². The summed E-state index contributed by atoms with van der Waals surface area (Å²) in [5.74, 6) is 0.197. The van der Waals surface area contributed by atoms with Crippen molar-refractivity contribution in [2.24, 2.45) is 11.7 Å². The molecule has 3 N–H and O–H groups in total. The highest BCUT2D eigenvalue weighted by Crippen LogP contribution is 2.05. The quantitative estimate of drug-likeness (QED) is 0.682. The number of nitrogens with two attached hydrogens (primary N) is 1. The van der Waals surface area contributed by atoms with Gasteiger partial charge in [0.05, 0.1) is 12.4 Å². The van der Waals surface area contributed by atoms with Crippen LogP contribution < -0.4 is 11.1 Å². The predicted molar refractivity (Wildman–Crippen MR) is 71.9 cm³/mol. The maximum absolute atomic E-state index is 11.7. The van der Waals surface area contributed by atoms with Crippen molar-refractivity contribution in [3.05, 3.63) is 18.7 Å². The fraction of sp³-hybridized carbons (Fsp3) is 0.692. The van der Waals surface area contributed by atoms with E-state index in [0.717, 1.165) is 25.8 Å². The van der Waals surface area contributed by atoms with E-state index >= 15 is 0 Å². The molecule has 5 heteroatoms. The van der Waals surface area contributed by atoms with E-state index in [0.29, 0.717) is 6.54 Å². The Morgan fingerprint density at radius 2 is 2.28 bits per heavy atom. The van der Waals surface area contributed by atoms with Crippen LogP contribution in [0.1, 0.15) is 33.1 Å². The van der Waals surface area contributed by atoms with Crippen molar-refractivity contribution < 1.29 is 4.79 Å². The van der Waals surface area contributed by atoms with Crippen LogP contribution in [0.5, 0.6) is 0 Å². The van der Waals surface area contributed by atoms with E-state index in [1.807, 2.05) is 24.6 Å². The molecular formula is C13H24N4O. The number of aromatic nitrogens is 2. The van der Waals surface area contributed by atoms with Crippen LogP contribution in [0.15, 0.2) is 18.7 Å². The van der Waals surface area contributed by atoms with Crippen molar-refractivity contribution in [3.8, 4) is 0 Å². The van der Waals surface area contributed by atoms with Crippen molar-refractivity contribution >= 4 is 5.91 Å². The van der Waals surface area contributed by atoms with Gasteiger partial charge in [-0.25, -0.2) is 4.98 Å². The minimum absolute atomic E-state index is 0.0352. The number of aryl methyl sites for hydroxylation is 1. The Hall–Kier alpha value is -1.36. The van der Waals surface area contributed by atoms with Gasteiger partial charge in [0.25, 0.3) is 0 Å². The van der Waals surface area contributed by atoms with Crippen molar-refractivity contribution in [2.75, 3.05) is 6.54 Å². The summed E-state index contributed by atoms with van der Waals surface area (Å²) in [6, 6.07) is -0.386. The third-order valence-electron chi connectivity index (χ3n) is 3.26. The topological polar surface area (TPSA) is 72.9 Å². The molecule has 2 atom stereocenters. The van der Waals surface area contributed by atoms with Gasteiger partial charge in [0.2, 0.25) is 5.91 Å². The zero-order chi connectivity index (χ0) is 13.4. The molecule has 0 spiro atoms. The minimum atomic E-state index is -0.386. The van der Waals surface area contributed by atoms with E-state index in [1.165, 1.54) is 0 Å². The maximum atomic E-state index is 11.7. The Kier molecular flexibility index (Phi) is 6.43. The highest BCUT2D eigenvalue weighted by Gasteiger charge is 2.18. The smallest absolute Gasteiger partial charge is 0.237 e. The Morgan fingerprint density at radius 1 is 1.50 bits per heavy atom. The molecule has 0 fully saturated rings. The molecule has 1 heterocycles. The number of amides is 1. The van der Waals surface area contributed by atoms with Crippen molar-refractivity contribution in [1.29, 1.82) is 0 Å². The first-order valence-electron chi connectivity index (χ1n) is 6.64. The molecule has 0 aliphatic carbocycles. The number of nitrogens with zero attached hydrogens (tertiary/aromatic N) is 2. The molecule has 5 nitrogen and oxygen atoms in total. The Morgan fingerprint density at radius 3 is 2.89 bits per heavy atom. The number of carbonyl (C=O) groups is 1. The lowest BCUT2D eigenvalue weighted by Gasteiger charge is -2.17. The molecule has 0 bridgehead atoms. The molecule has 102 valence electrons. The molecule has 0 aliphatic rings. The minimum Gasteiger partial charge on any atom is -0.355 e. The lowest BCUT2D eigenvalue weighted by Crippen LogP contribution is -2.44. The molecule has 0 unspecified atom stereocenters. The van der Waals surface area contributed by atoms with Gasteiger partial charge in [-0.3, -0.25) is 4.79 Å². The lowest BCUT2D eigenvalue weighted by atomic mass is 9.99. The summed E-state index contributed by atoms with van der Waals surface area (Å²) in [4.78, 5) is 15.7. The van der Waals surface area contributed by atoms with Gasteiger partial charge in [-0.15, -0.1) is 0 Å². The molecule has 0 radical (unpaired) electrons. The largest absolute Gasteiger partial charge is 0.355 e. The number of hydrogen-bond donors (Lipinski definition) is 2. The van der Waals surface area contributed by atoms with Crippen LogP contribution in [-0.2, 0) is 11.3 Å². The zero-order valence-electron chi connectivity index (χ0n) is 11.3. The fourth-order valence-electron chi connectivity index (χ4n) is 1.68. The third kappa shape index (κ3) is 4.87. The number of rotatable bonds is 8. The molecule has 1 rings (SSSR count). The van der Waals surface area contributed by atoms with Gasteiger partial charge in [0.1, 0.15) is 0 Å². The molecule has 1 aromatic heterocycles. The Labute approximate surface area is 109 Å². The summed E-state index contributed by atoms with van der Waals surface area (Å²) in [5.41, 5.74) is 5.84. The number of imidazole rings is 1. The van der Waals surface area contributed by atoms with Gasteiger partial charge < -0.3 is 15.6 Å². The van der Waals surface area contributed by atoms with Crippen LogP contribution in [0.3, 0.4) is 0 Å². The van der Waals surface area contributed by atoms with Gasteiger partial charge in [0.15, 0.2) is 0 Å². The van der Waals surface area contributed by atoms with E-state index < -0.39 is 0 Å². The van der Waals surface area contributed by atoms with Crippen molar-refractivity contribution in [3.63, 3.8) is 0 Å². The first-order valence-corrected chi connectivity index (χ1v) is 6.64. The number of carbonyl (C=O) groups excluding carboxylic acids is 1. The second kappa shape index (κ2) is 7.87. The van der Waals surface area contributed by atoms with E-state index in [1.54, 1.807) is 12.5 Å². The van der Waals surface area contributed by atoms with Crippen molar-refractivity contribution in [2.45, 2.75) is 45.7 Å². The summed E-state index contributed by atoms with van der Waals surface area (Å²) in [7, 11) is 0. The van der Waals surface area contributed by atoms with Gasteiger partial charge in [-0.05, 0) is 18.8 Å². The van der Waals surface area contributed by atoms with E-state index in [9.17, 15) is 4.79 Å². The number of nitrogens with one attached hydrogen (secondary N) is 1. The summed E-state index contributed by atoms with van der Waals surface area (Å²) < 4.78 is 2.03. The number of unbranched alkanes of at least 4 members (excludes halogenated alkanes) is 1. The second-order valence-electron chi connectivity index (χ2n) is 4.71. The molecule has 0 aliphatic heterocycles. The highest BCUT2D eigenvalue weighted by molar-refractivity contribution is 5.81. The monoisotopic (exact) mass is 252 g/mol. The first-order chi connectivity index (χ1) is 8.65. The zero-order valence-corrected chi connectivity index (χ0v) is 11.3. The third-order valence-corrected chi connectivity index (χ3v) is 3.26. The molecular weight excluding hydrogens is 228 g/mol. The molecule has 1 aromatic rings. The standard InChI is InChI=1S/C13H24N4O/c1-3-11(2)12(14)13(18)16-6-4-5-8-17-9-7-15-10-17/h7,9-12H,3-6,8,14H2,1-2H3,(H,16,18)/t11-,12-/m0/s1. The summed E-state index contributed by atoms with van der Waals surface area (Å²) in [6.07, 6.45) is 8.42. The molecule has 0 aromatic carbocycles. The van der Waals surface area contributed by atoms with Crippen LogP contribution >= 0.6 is 0 Å². The van der Waals surface area contributed by atoms with E-state index in [2.05, 4.69) is 10.3 Å². The lowest BCUT2D eigenvalue weighted by molar-refractivity contribution is -0.123. The van der Waals surface area contributed by atoms with E-state index in [-0.39, 0.29) is 17.9 Å². The predicted octanol–water partition coefficient (Wildman–Crippen LogP) is 1.15. The van der Waals surface area contributed by atoms with Crippen LogP contribution in [0.2, 0.25) is 0 Å². The van der Waals surface area contributed by atoms with Gasteiger partial charge in [0, 0.05) is 25.5 Å². The Balaban J connectivity index is 2.08. The van der Waals surface area contributed by atoms with Gasteiger partial charge >= 0.3 is 0 Å². The van der Waals surface area contributed by atoms with Crippen LogP contribution in [-0.4, -0.2) is 28.0 Å².